The van der Waals surface area contributed by atoms with E-state index in [4.69, 9.17) is 23.2 Å². The summed E-state index contributed by atoms with van der Waals surface area (Å²) < 4.78 is 13.4. The van der Waals surface area contributed by atoms with Crippen LogP contribution < -0.4 is 5.32 Å². The number of hydrogen-bond acceptors (Lipinski definition) is 2. The summed E-state index contributed by atoms with van der Waals surface area (Å²) in [5.41, 5.74) is 2.13. The molecule has 0 aliphatic heterocycles. The fourth-order valence-corrected chi connectivity index (χ4v) is 4.24. The van der Waals surface area contributed by atoms with Gasteiger partial charge in [-0.2, -0.15) is 0 Å². The van der Waals surface area contributed by atoms with E-state index in [0.717, 1.165) is 12.0 Å². The van der Waals surface area contributed by atoms with E-state index in [2.05, 4.69) is 5.32 Å². The molecule has 3 aromatic rings. The maximum Gasteiger partial charge on any atom is 0.243 e. The van der Waals surface area contributed by atoms with Gasteiger partial charge in [-0.15, -0.1) is 0 Å². The van der Waals surface area contributed by atoms with E-state index in [1.165, 1.54) is 17.0 Å². The molecule has 2 atom stereocenters. The maximum atomic E-state index is 13.7. The van der Waals surface area contributed by atoms with E-state index in [1.54, 1.807) is 30.3 Å². The molecule has 0 aromatic heterocycles. The summed E-state index contributed by atoms with van der Waals surface area (Å²) in [6.45, 7) is 3.97. The number of carbonyl (C=O) groups excluding carboxylic acids is 2. The van der Waals surface area contributed by atoms with Crippen LogP contribution in [0.3, 0.4) is 0 Å². The largest absolute Gasteiger partial charge is 0.352 e. The number of halogens is 3. The zero-order chi connectivity index (χ0) is 25.4. The minimum atomic E-state index is -0.799. The van der Waals surface area contributed by atoms with Crippen molar-refractivity contribution >= 4 is 35.0 Å². The van der Waals surface area contributed by atoms with Crippen molar-refractivity contribution in [1.82, 2.24) is 10.2 Å². The van der Waals surface area contributed by atoms with Crippen LogP contribution in [0, 0.1) is 5.82 Å². The van der Waals surface area contributed by atoms with Gasteiger partial charge in [0.05, 0.1) is 6.42 Å². The molecule has 0 saturated carbocycles. The van der Waals surface area contributed by atoms with Crippen molar-refractivity contribution in [3.05, 3.63) is 105 Å². The third-order valence-corrected chi connectivity index (χ3v) is 6.64. The third kappa shape index (κ3) is 7.55. The number of hydrogen-bond donors (Lipinski definition) is 1. The summed E-state index contributed by atoms with van der Waals surface area (Å²) in [4.78, 5) is 28.7. The Morgan fingerprint density at radius 2 is 1.54 bits per heavy atom. The average Bonchev–Trinajstić information content (AvgIpc) is 2.84. The van der Waals surface area contributed by atoms with Gasteiger partial charge >= 0.3 is 0 Å². The Bertz CT molecular complexity index is 1120. The molecule has 0 aliphatic carbocycles. The highest BCUT2D eigenvalue weighted by Gasteiger charge is 2.31. The van der Waals surface area contributed by atoms with Crippen molar-refractivity contribution < 1.29 is 14.0 Å². The monoisotopic (exact) mass is 514 g/mol. The smallest absolute Gasteiger partial charge is 0.243 e. The van der Waals surface area contributed by atoms with Crippen molar-refractivity contribution in [3.63, 3.8) is 0 Å². The van der Waals surface area contributed by atoms with E-state index in [-0.39, 0.29) is 36.6 Å². The Balaban J connectivity index is 2.01. The van der Waals surface area contributed by atoms with Crippen molar-refractivity contribution in [2.75, 3.05) is 0 Å². The highest BCUT2D eigenvalue weighted by molar-refractivity contribution is 6.36. The second-order valence-corrected chi connectivity index (χ2v) is 9.36. The molecule has 0 fully saturated rings. The first kappa shape index (κ1) is 26.7. The Hall–Kier alpha value is -2.89. The molecule has 0 heterocycles. The van der Waals surface area contributed by atoms with Gasteiger partial charge < -0.3 is 10.2 Å². The third-order valence-electron chi connectivity index (χ3n) is 5.93. The maximum absolute atomic E-state index is 13.7. The molecule has 184 valence electrons. The van der Waals surface area contributed by atoms with E-state index in [9.17, 15) is 14.0 Å². The molecule has 0 aliphatic rings. The van der Waals surface area contributed by atoms with Crippen molar-refractivity contribution in [1.29, 1.82) is 0 Å². The number of nitrogens with one attached hydrogen (secondary N) is 1. The molecule has 3 rings (SSSR count). The Morgan fingerprint density at radius 3 is 2.14 bits per heavy atom. The second-order valence-electron chi connectivity index (χ2n) is 8.55. The Kier molecular flexibility index (Phi) is 9.70. The van der Waals surface area contributed by atoms with Crippen LogP contribution in [-0.2, 0) is 29.0 Å². The molecule has 0 saturated heterocycles. The van der Waals surface area contributed by atoms with E-state index < -0.39 is 6.04 Å². The first-order valence-electron chi connectivity index (χ1n) is 11.6. The van der Waals surface area contributed by atoms with Gasteiger partial charge in [0.15, 0.2) is 0 Å². The van der Waals surface area contributed by atoms with Gasteiger partial charge in [0.25, 0.3) is 0 Å². The molecule has 3 aromatic carbocycles. The van der Waals surface area contributed by atoms with E-state index in [0.29, 0.717) is 27.6 Å². The second kappa shape index (κ2) is 12.7. The molecule has 7 heteroatoms. The van der Waals surface area contributed by atoms with Crippen LogP contribution in [0.15, 0.2) is 72.8 Å². The van der Waals surface area contributed by atoms with Crippen LogP contribution >= 0.6 is 23.2 Å². The quantitative estimate of drug-likeness (QED) is 0.348. The number of nitrogens with zero attached hydrogens (tertiary/aromatic N) is 1. The van der Waals surface area contributed by atoms with Gasteiger partial charge in [0.1, 0.15) is 11.9 Å². The normalized spacial score (nSPS) is 12.6. The average molecular weight is 515 g/mol. The molecule has 1 N–H and O–H groups in total. The predicted octanol–water partition coefficient (Wildman–Crippen LogP) is 6.23. The molecular formula is C28H29Cl2FN2O2. The summed E-state index contributed by atoms with van der Waals surface area (Å²) in [5, 5.41) is 3.85. The van der Waals surface area contributed by atoms with Gasteiger partial charge in [-0.1, -0.05) is 78.7 Å². The Morgan fingerprint density at radius 1 is 0.914 bits per heavy atom. The molecular weight excluding hydrogens is 486 g/mol. The molecule has 2 amide bonds. The summed E-state index contributed by atoms with van der Waals surface area (Å²) in [6, 6.07) is 19.6. The van der Waals surface area contributed by atoms with E-state index >= 15 is 0 Å². The fourth-order valence-electron chi connectivity index (χ4n) is 3.73. The van der Waals surface area contributed by atoms with Crippen LogP contribution in [-0.4, -0.2) is 28.8 Å². The molecule has 0 unspecified atom stereocenters. The lowest BCUT2D eigenvalue weighted by Crippen LogP contribution is -2.52. The summed E-state index contributed by atoms with van der Waals surface area (Å²) in [6.07, 6.45) is 1.08. The zero-order valence-corrected chi connectivity index (χ0v) is 21.3. The van der Waals surface area contributed by atoms with Crippen LogP contribution in [0.1, 0.15) is 37.0 Å². The number of carbonyl (C=O) groups is 2. The number of benzene rings is 3. The van der Waals surface area contributed by atoms with Crippen molar-refractivity contribution in [3.8, 4) is 0 Å². The van der Waals surface area contributed by atoms with E-state index in [1.807, 2.05) is 44.2 Å². The molecule has 4 nitrogen and oxygen atoms in total. The highest BCUT2D eigenvalue weighted by atomic mass is 35.5. The van der Waals surface area contributed by atoms with Crippen LogP contribution in [0.4, 0.5) is 4.39 Å². The lowest BCUT2D eigenvalue weighted by molar-refractivity contribution is -0.141. The van der Waals surface area contributed by atoms with Gasteiger partial charge in [0.2, 0.25) is 11.8 Å². The topological polar surface area (TPSA) is 49.4 Å². The van der Waals surface area contributed by atoms with Gasteiger partial charge in [-0.3, -0.25) is 9.59 Å². The first-order chi connectivity index (χ1) is 16.8. The van der Waals surface area contributed by atoms with Gasteiger partial charge in [-0.05, 0) is 48.7 Å². The SMILES string of the molecule is CC[C@H](C)NC(=O)[C@H](Cc1ccccc1)N(Cc1c(Cl)cccc1Cl)C(=O)Cc1ccc(F)cc1. The predicted molar refractivity (Wildman–Crippen MR) is 139 cm³/mol. The highest BCUT2D eigenvalue weighted by Crippen LogP contribution is 2.27. The van der Waals surface area contributed by atoms with Gasteiger partial charge in [-0.25, -0.2) is 4.39 Å². The minimum Gasteiger partial charge on any atom is -0.352 e. The van der Waals surface area contributed by atoms with Crippen LogP contribution in [0.2, 0.25) is 10.0 Å². The summed E-state index contributed by atoms with van der Waals surface area (Å²) in [5.74, 6) is -0.914. The zero-order valence-electron chi connectivity index (χ0n) is 19.8. The molecule has 0 spiro atoms. The standard InChI is InChI=1S/C28H29Cl2FN2O2/c1-3-19(2)32-28(35)26(16-20-8-5-4-6-9-20)33(18-23-24(29)10-7-11-25(23)30)27(34)17-21-12-14-22(31)15-13-21/h4-15,19,26H,3,16-18H2,1-2H3,(H,32,35)/t19-,26-/m0/s1. The van der Waals surface area contributed by atoms with Gasteiger partial charge in [0, 0.05) is 34.6 Å². The lowest BCUT2D eigenvalue weighted by atomic mass is 10.0. The van der Waals surface area contributed by atoms with Crippen LogP contribution in [0.25, 0.3) is 0 Å². The number of amides is 2. The Labute approximate surface area is 216 Å². The van der Waals surface area contributed by atoms with Crippen molar-refractivity contribution in [2.45, 2.75) is 51.7 Å². The first-order valence-corrected chi connectivity index (χ1v) is 12.3. The lowest BCUT2D eigenvalue weighted by Gasteiger charge is -2.33. The van der Waals surface area contributed by atoms with Crippen molar-refractivity contribution in [2.24, 2.45) is 0 Å². The molecule has 35 heavy (non-hydrogen) atoms. The summed E-state index contributed by atoms with van der Waals surface area (Å²) >= 11 is 12.9. The number of rotatable bonds is 10. The minimum absolute atomic E-state index is 0.00422. The fraction of sp³-hybridized carbons (Fsp3) is 0.286. The molecule has 0 radical (unpaired) electrons. The van der Waals surface area contributed by atoms with Crippen LogP contribution in [0.5, 0.6) is 0 Å². The summed E-state index contributed by atoms with van der Waals surface area (Å²) in [7, 11) is 0. The molecule has 0 bridgehead atoms.